The number of allylic oxidation sites excluding steroid dienone is 1. The van der Waals surface area contributed by atoms with Crippen LogP contribution >= 0.6 is 0 Å². The van der Waals surface area contributed by atoms with Gasteiger partial charge in [-0.3, -0.25) is 5.10 Å². The number of hydrogen-bond acceptors (Lipinski definition) is 2. The second-order valence-corrected chi connectivity index (χ2v) is 3.02. The topological polar surface area (TPSA) is 40.7 Å². The Balaban J connectivity index is 2.16. The Kier molecular flexibility index (Phi) is 3.54. The molecule has 3 heteroatoms. The van der Waals surface area contributed by atoms with Crippen molar-refractivity contribution in [2.45, 2.75) is 20.4 Å². The van der Waals surface area contributed by atoms with Gasteiger partial charge in [0.05, 0.1) is 6.20 Å². The molecule has 0 saturated heterocycles. The molecule has 2 N–H and O–H groups in total. The van der Waals surface area contributed by atoms with E-state index in [4.69, 9.17) is 0 Å². The van der Waals surface area contributed by atoms with E-state index in [1.54, 1.807) is 0 Å². The number of aromatic amines is 1. The van der Waals surface area contributed by atoms with E-state index >= 15 is 0 Å². The predicted octanol–water partition coefficient (Wildman–Crippen LogP) is 1.47. The lowest BCUT2D eigenvalue weighted by atomic mass is 10.3. The van der Waals surface area contributed by atoms with Gasteiger partial charge in [0.1, 0.15) is 0 Å². The third-order valence-electron chi connectivity index (χ3n) is 1.54. The van der Waals surface area contributed by atoms with Crippen LogP contribution in [0.2, 0.25) is 0 Å². The number of nitrogens with zero attached hydrogens (tertiary/aromatic N) is 1. The maximum atomic E-state index is 3.86. The largest absolute Gasteiger partial charge is 0.309 e. The lowest BCUT2D eigenvalue weighted by Crippen LogP contribution is -2.12. The molecule has 12 heavy (non-hydrogen) atoms. The number of aromatic nitrogens is 2. The summed E-state index contributed by atoms with van der Waals surface area (Å²) < 4.78 is 0. The second-order valence-electron chi connectivity index (χ2n) is 3.02. The summed E-state index contributed by atoms with van der Waals surface area (Å²) >= 11 is 0. The summed E-state index contributed by atoms with van der Waals surface area (Å²) in [5.41, 5.74) is 2.53. The van der Waals surface area contributed by atoms with Crippen molar-refractivity contribution < 1.29 is 0 Å². The van der Waals surface area contributed by atoms with Crippen molar-refractivity contribution in [1.82, 2.24) is 15.5 Å². The maximum absolute atomic E-state index is 3.86. The molecular formula is C9H15N3. The molecule has 0 radical (unpaired) electrons. The Morgan fingerprint density at radius 2 is 2.50 bits per heavy atom. The Hall–Kier alpha value is -1.09. The molecule has 1 rings (SSSR count). The third kappa shape index (κ3) is 3.34. The lowest BCUT2D eigenvalue weighted by molar-refractivity contribution is 0.757. The van der Waals surface area contributed by atoms with Crippen LogP contribution in [0.25, 0.3) is 0 Å². The van der Waals surface area contributed by atoms with Crippen LogP contribution in [0, 0.1) is 0 Å². The molecule has 0 saturated carbocycles. The highest BCUT2D eigenvalue weighted by molar-refractivity contribution is 5.02. The molecule has 1 heterocycles. The SMILES string of the molecule is CC(C)=CCNCc1cn[nH]c1. The summed E-state index contributed by atoms with van der Waals surface area (Å²) in [4.78, 5) is 0. The molecule has 0 aromatic carbocycles. The van der Waals surface area contributed by atoms with Gasteiger partial charge >= 0.3 is 0 Å². The summed E-state index contributed by atoms with van der Waals surface area (Å²) in [6, 6.07) is 0. The van der Waals surface area contributed by atoms with E-state index in [0.717, 1.165) is 13.1 Å². The minimum Gasteiger partial charge on any atom is -0.309 e. The van der Waals surface area contributed by atoms with Crippen LogP contribution in [0.4, 0.5) is 0 Å². The average molecular weight is 165 g/mol. The Labute approximate surface area is 72.9 Å². The van der Waals surface area contributed by atoms with Gasteiger partial charge < -0.3 is 5.32 Å². The minimum atomic E-state index is 0.875. The Morgan fingerprint density at radius 1 is 1.67 bits per heavy atom. The first-order chi connectivity index (χ1) is 5.79. The van der Waals surface area contributed by atoms with E-state index in [0.29, 0.717) is 0 Å². The van der Waals surface area contributed by atoms with Crippen molar-refractivity contribution in [3.63, 3.8) is 0 Å². The van der Waals surface area contributed by atoms with Crippen LogP contribution in [0.15, 0.2) is 24.0 Å². The lowest BCUT2D eigenvalue weighted by Gasteiger charge is -1.97. The number of H-pyrrole nitrogens is 1. The maximum Gasteiger partial charge on any atom is 0.0532 e. The monoisotopic (exact) mass is 165 g/mol. The van der Waals surface area contributed by atoms with E-state index < -0.39 is 0 Å². The first kappa shape index (κ1) is 9.00. The summed E-state index contributed by atoms with van der Waals surface area (Å²) in [5.74, 6) is 0. The molecule has 0 bridgehead atoms. The Bertz CT molecular complexity index is 232. The molecule has 66 valence electrons. The van der Waals surface area contributed by atoms with Crippen molar-refractivity contribution in [3.8, 4) is 0 Å². The standard InChI is InChI=1S/C9H15N3/c1-8(2)3-4-10-5-9-6-11-12-7-9/h3,6-7,10H,4-5H2,1-2H3,(H,11,12). The van der Waals surface area contributed by atoms with Gasteiger partial charge in [0.15, 0.2) is 0 Å². The second kappa shape index (κ2) is 4.72. The van der Waals surface area contributed by atoms with Gasteiger partial charge in [0.2, 0.25) is 0 Å². The first-order valence-electron chi connectivity index (χ1n) is 4.11. The van der Waals surface area contributed by atoms with Crippen LogP contribution in [0.1, 0.15) is 19.4 Å². The third-order valence-corrected chi connectivity index (χ3v) is 1.54. The normalized spacial score (nSPS) is 9.83. The van der Waals surface area contributed by atoms with Gasteiger partial charge in [-0.05, 0) is 13.8 Å². The molecule has 0 amide bonds. The summed E-state index contributed by atoms with van der Waals surface area (Å²) in [6.45, 7) is 5.99. The van der Waals surface area contributed by atoms with E-state index in [-0.39, 0.29) is 0 Å². The summed E-state index contributed by atoms with van der Waals surface area (Å²) in [6.07, 6.45) is 5.89. The molecule has 3 nitrogen and oxygen atoms in total. The van der Waals surface area contributed by atoms with Crippen molar-refractivity contribution in [2.75, 3.05) is 6.54 Å². The van der Waals surface area contributed by atoms with Gasteiger partial charge in [-0.25, -0.2) is 0 Å². The first-order valence-corrected chi connectivity index (χ1v) is 4.11. The molecule has 0 atom stereocenters. The molecule has 0 aliphatic rings. The van der Waals surface area contributed by atoms with Crippen LogP contribution in [-0.2, 0) is 6.54 Å². The average Bonchev–Trinajstić information content (AvgIpc) is 2.49. The summed E-state index contributed by atoms with van der Waals surface area (Å²) in [5, 5.41) is 9.91. The molecule has 1 aromatic rings. The van der Waals surface area contributed by atoms with Gasteiger partial charge in [0.25, 0.3) is 0 Å². The fraction of sp³-hybridized carbons (Fsp3) is 0.444. The van der Waals surface area contributed by atoms with E-state index in [1.165, 1.54) is 11.1 Å². The van der Waals surface area contributed by atoms with Gasteiger partial charge in [-0.1, -0.05) is 11.6 Å². The molecule has 0 unspecified atom stereocenters. The molecule has 0 aliphatic heterocycles. The van der Waals surface area contributed by atoms with Crippen LogP contribution in [-0.4, -0.2) is 16.7 Å². The minimum absolute atomic E-state index is 0.875. The van der Waals surface area contributed by atoms with Crippen molar-refractivity contribution in [3.05, 3.63) is 29.6 Å². The van der Waals surface area contributed by atoms with E-state index in [9.17, 15) is 0 Å². The zero-order chi connectivity index (χ0) is 8.81. The molecule has 0 aliphatic carbocycles. The number of rotatable bonds is 4. The smallest absolute Gasteiger partial charge is 0.0532 e. The molecular weight excluding hydrogens is 150 g/mol. The summed E-state index contributed by atoms with van der Waals surface area (Å²) in [7, 11) is 0. The highest BCUT2D eigenvalue weighted by Crippen LogP contribution is 1.92. The zero-order valence-electron chi connectivity index (χ0n) is 7.59. The van der Waals surface area contributed by atoms with E-state index in [2.05, 4.69) is 35.4 Å². The van der Waals surface area contributed by atoms with Crippen molar-refractivity contribution in [1.29, 1.82) is 0 Å². The fourth-order valence-corrected chi connectivity index (χ4v) is 0.867. The van der Waals surface area contributed by atoms with Crippen molar-refractivity contribution in [2.24, 2.45) is 0 Å². The van der Waals surface area contributed by atoms with Crippen LogP contribution in [0.5, 0.6) is 0 Å². The zero-order valence-corrected chi connectivity index (χ0v) is 7.59. The highest BCUT2D eigenvalue weighted by Gasteiger charge is 1.90. The van der Waals surface area contributed by atoms with E-state index in [1.807, 2.05) is 12.4 Å². The van der Waals surface area contributed by atoms with Crippen molar-refractivity contribution >= 4 is 0 Å². The predicted molar refractivity (Wildman–Crippen MR) is 49.7 cm³/mol. The highest BCUT2D eigenvalue weighted by atomic mass is 15.1. The van der Waals surface area contributed by atoms with Crippen LogP contribution < -0.4 is 5.32 Å². The van der Waals surface area contributed by atoms with Crippen LogP contribution in [0.3, 0.4) is 0 Å². The quantitative estimate of drug-likeness (QED) is 0.524. The van der Waals surface area contributed by atoms with Gasteiger partial charge in [-0.2, -0.15) is 5.10 Å². The molecule has 0 spiro atoms. The van der Waals surface area contributed by atoms with Gasteiger partial charge in [-0.15, -0.1) is 0 Å². The molecule has 1 aromatic heterocycles. The Morgan fingerprint density at radius 3 is 3.08 bits per heavy atom. The number of nitrogens with one attached hydrogen (secondary N) is 2. The van der Waals surface area contributed by atoms with Gasteiger partial charge in [0, 0.05) is 24.8 Å². The fourth-order valence-electron chi connectivity index (χ4n) is 0.867. The number of hydrogen-bond donors (Lipinski definition) is 2. The molecule has 0 fully saturated rings.